The van der Waals surface area contributed by atoms with E-state index < -0.39 is 0 Å². The van der Waals surface area contributed by atoms with Crippen LogP contribution >= 0.6 is 0 Å². The van der Waals surface area contributed by atoms with Crippen molar-refractivity contribution in [2.45, 2.75) is 26.4 Å². The van der Waals surface area contributed by atoms with E-state index in [0.717, 1.165) is 25.1 Å². The van der Waals surface area contributed by atoms with Gasteiger partial charge in [0, 0.05) is 18.7 Å². The molecular formula is C15H21FN2. The lowest BCUT2D eigenvalue weighted by molar-refractivity contribution is 0.295. The third kappa shape index (κ3) is 4.48. The molecule has 1 aromatic rings. The van der Waals surface area contributed by atoms with E-state index in [0.29, 0.717) is 18.7 Å². The van der Waals surface area contributed by atoms with Crippen LogP contribution in [0.25, 0.3) is 0 Å². The zero-order valence-electron chi connectivity index (χ0n) is 11.2. The third-order valence-electron chi connectivity index (χ3n) is 2.74. The summed E-state index contributed by atoms with van der Waals surface area (Å²) in [6.45, 7) is 4.86. The van der Waals surface area contributed by atoms with Crippen molar-refractivity contribution in [3.63, 3.8) is 0 Å². The Labute approximate surface area is 109 Å². The van der Waals surface area contributed by atoms with Crippen molar-refractivity contribution in [3.8, 4) is 12.3 Å². The second kappa shape index (κ2) is 7.86. The second-order valence-electron chi connectivity index (χ2n) is 4.37. The SMILES string of the molecule is C#CCN(CCC)Cc1cc(CNC)ccc1F. The fourth-order valence-corrected chi connectivity index (χ4v) is 1.96. The van der Waals surface area contributed by atoms with Crippen LogP contribution in [0.4, 0.5) is 4.39 Å². The van der Waals surface area contributed by atoms with Crippen LogP contribution in [-0.4, -0.2) is 25.0 Å². The van der Waals surface area contributed by atoms with Gasteiger partial charge in [-0.1, -0.05) is 25.0 Å². The predicted molar refractivity (Wildman–Crippen MR) is 73.6 cm³/mol. The lowest BCUT2D eigenvalue weighted by Crippen LogP contribution is -2.25. The Kier molecular flexibility index (Phi) is 6.42. The molecule has 0 fully saturated rings. The summed E-state index contributed by atoms with van der Waals surface area (Å²) in [7, 11) is 1.88. The Balaban J connectivity index is 2.80. The molecule has 98 valence electrons. The first-order valence-electron chi connectivity index (χ1n) is 6.29. The van der Waals surface area contributed by atoms with Crippen molar-refractivity contribution in [3.05, 3.63) is 35.1 Å². The standard InChI is InChI=1S/C15H21FN2/c1-4-8-18(9-5-2)12-14-10-13(11-17-3)6-7-15(14)16/h1,6-7,10,17H,5,8-9,11-12H2,2-3H3. The van der Waals surface area contributed by atoms with E-state index in [1.54, 1.807) is 6.07 Å². The van der Waals surface area contributed by atoms with Gasteiger partial charge in [0.1, 0.15) is 5.82 Å². The first kappa shape index (κ1) is 14.7. The minimum absolute atomic E-state index is 0.159. The van der Waals surface area contributed by atoms with Crippen LogP contribution in [-0.2, 0) is 13.1 Å². The van der Waals surface area contributed by atoms with Crippen molar-refractivity contribution in [1.82, 2.24) is 10.2 Å². The lowest BCUT2D eigenvalue weighted by Gasteiger charge is -2.19. The summed E-state index contributed by atoms with van der Waals surface area (Å²) >= 11 is 0. The van der Waals surface area contributed by atoms with Crippen molar-refractivity contribution in [2.75, 3.05) is 20.1 Å². The van der Waals surface area contributed by atoms with Gasteiger partial charge < -0.3 is 5.32 Å². The maximum Gasteiger partial charge on any atom is 0.127 e. The number of rotatable bonds is 7. The van der Waals surface area contributed by atoms with Crippen LogP contribution < -0.4 is 5.32 Å². The summed E-state index contributed by atoms with van der Waals surface area (Å²) in [6, 6.07) is 5.24. The third-order valence-corrected chi connectivity index (χ3v) is 2.74. The molecule has 3 heteroatoms. The van der Waals surface area contributed by atoms with Crippen molar-refractivity contribution in [2.24, 2.45) is 0 Å². The Hall–Kier alpha value is -1.37. The zero-order chi connectivity index (χ0) is 13.4. The summed E-state index contributed by atoms with van der Waals surface area (Å²) < 4.78 is 13.8. The van der Waals surface area contributed by atoms with Gasteiger partial charge in [0.2, 0.25) is 0 Å². The Morgan fingerprint density at radius 3 is 2.83 bits per heavy atom. The second-order valence-corrected chi connectivity index (χ2v) is 4.37. The highest BCUT2D eigenvalue weighted by Crippen LogP contribution is 2.13. The number of hydrogen-bond acceptors (Lipinski definition) is 2. The summed E-state index contributed by atoms with van der Waals surface area (Å²) in [4.78, 5) is 2.08. The van der Waals surface area contributed by atoms with Gasteiger partial charge in [-0.05, 0) is 31.6 Å². The summed E-state index contributed by atoms with van der Waals surface area (Å²) in [5.74, 6) is 2.46. The van der Waals surface area contributed by atoms with Gasteiger partial charge in [0.25, 0.3) is 0 Å². The molecule has 1 aromatic carbocycles. The molecule has 0 saturated heterocycles. The first-order valence-corrected chi connectivity index (χ1v) is 6.29. The van der Waals surface area contributed by atoms with Crippen LogP contribution in [0.2, 0.25) is 0 Å². The van der Waals surface area contributed by atoms with Crippen LogP contribution in [0.5, 0.6) is 0 Å². The van der Waals surface area contributed by atoms with Gasteiger partial charge in [0.15, 0.2) is 0 Å². The summed E-state index contributed by atoms with van der Waals surface area (Å²) in [5.41, 5.74) is 1.80. The normalized spacial score (nSPS) is 10.6. The van der Waals surface area contributed by atoms with E-state index in [4.69, 9.17) is 6.42 Å². The lowest BCUT2D eigenvalue weighted by atomic mass is 10.1. The largest absolute Gasteiger partial charge is 0.316 e. The van der Waals surface area contributed by atoms with Crippen molar-refractivity contribution >= 4 is 0 Å². The average Bonchev–Trinajstić information content (AvgIpc) is 2.34. The fourth-order valence-electron chi connectivity index (χ4n) is 1.96. The van der Waals surface area contributed by atoms with Crippen molar-refractivity contribution < 1.29 is 4.39 Å². The molecule has 0 radical (unpaired) electrons. The van der Waals surface area contributed by atoms with E-state index in [-0.39, 0.29) is 5.82 Å². The quantitative estimate of drug-likeness (QED) is 0.745. The van der Waals surface area contributed by atoms with Crippen LogP contribution in [0.3, 0.4) is 0 Å². The minimum atomic E-state index is -0.159. The minimum Gasteiger partial charge on any atom is -0.316 e. The predicted octanol–water partition coefficient (Wildman–Crippen LogP) is 2.39. The molecule has 0 bridgehead atoms. The number of halogens is 1. The molecule has 0 unspecified atom stereocenters. The summed E-state index contributed by atoms with van der Waals surface area (Å²) in [5, 5.41) is 3.07. The van der Waals surface area contributed by atoms with E-state index >= 15 is 0 Å². The molecule has 0 spiro atoms. The molecule has 2 nitrogen and oxygen atoms in total. The van der Waals surface area contributed by atoms with Gasteiger partial charge in [-0.3, -0.25) is 4.90 Å². The maximum absolute atomic E-state index is 13.8. The number of nitrogens with zero attached hydrogens (tertiary/aromatic N) is 1. The number of nitrogens with one attached hydrogen (secondary N) is 1. The Bertz CT molecular complexity index is 409. The summed E-state index contributed by atoms with van der Waals surface area (Å²) in [6.07, 6.45) is 6.35. The van der Waals surface area contributed by atoms with Crippen LogP contribution in [0, 0.1) is 18.2 Å². The number of terminal acetylenes is 1. The average molecular weight is 248 g/mol. The highest BCUT2D eigenvalue weighted by Gasteiger charge is 2.08. The highest BCUT2D eigenvalue weighted by atomic mass is 19.1. The molecule has 0 heterocycles. The van der Waals surface area contributed by atoms with Gasteiger partial charge in [-0.25, -0.2) is 4.39 Å². The fraction of sp³-hybridized carbons (Fsp3) is 0.467. The topological polar surface area (TPSA) is 15.3 Å². The Morgan fingerprint density at radius 2 is 2.22 bits per heavy atom. The molecule has 0 saturated carbocycles. The molecule has 0 aliphatic rings. The smallest absolute Gasteiger partial charge is 0.127 e. The number of hydrogen-bond donors (Lipinski definition) is 1. The molecule has 0 aromatic heterocycles. The van der Waals surface area contributed by atoms with E-state index in [2.05, 4.69) is 23.1 Å². The molecule has 1 N–H and O–H groups in total. The molecular weight excluding hydrogens is 227 g/mol. The van der Waals surface area contributed by atoms with E-state index in [1.165, 1.54) is 6.07 Å². The van der Waals surface area contributed by atoms with E-state index in [1.807, 2.05) is 13.1 Å². The monoisotopic (exact) mass is 248 g/mol. The van der Waals surface area contributed by atoms with Crippen LogP contribution in [0.15, 0.2) is 18.2 Å². The maximum atomic E-state index is 13.8. The van der Waals surface area contributed by atoms with Gasteiger partial charge >= 0.3 is 0 Å². The first-order chi connectivity index (χ1) is 8.71. The van der Waals surface area contributed by atoms with Crippen molar-refractivity contribution in [1.29, 1.82) is 0 Å². The molecule has 0 aliphatic heterocycles. The molecule has 0 amide bonds. The van der Waals surface area contributed by atoms with Gasteiger partial charge in [-0.2, -0.15) is 0 Å². The van der Waals surface area contributed by atoms with Crippen LogP contribution in [0.1, 0.15) is 24.5 Å². The molecule has 0 atom stereocenters. The zero-order valence-corrected chi connectivity index (χ0v) is 11.2. The molecule has 1 rings (SSSR count). The highest BCUT2D eigenvalue weighted by molar-refractivity contribution is 5.25. The molecule has 18 heavy (non-hydrogen) atoms. The Morgan fingerprint density at radius 1 is 1.44 bits per heavy atom. The van der Waals surface area contributed by atoms with E-state index in [9.17, 15) is 4.39 Å². The number of benzene rings is 1. The van der Waals surface area contributed by atoms with Gasteiger partial charge in [0.05, 0.1) is 6.54 Å². The molecule has 0 aliphatic carbocycles. The van der Waals surface area contributed by atoms with Gasteiger partial charge in [-0.15, -0.1) is 6.42 Å².